The molecule has 2 unspecified atom stereocenters. The number of aliphatic hydroxyl groups excluding tert-OH is 1. The molecule has 6 atom stereocenters. The summed E-state index contributed by atoms with van der Waals surface area (Å²) in [5, 5.41) is 10.0. The number of hydrogen-bond acceptors (Lipinski definition) is 6. The highest BCUT2D eigenvalue weighted by atomic mass is 16.6. The number of hydrogen-bond donors (Lipinski definition) is 1. The van der Waals surface area contributed by atoms with Gasteiger partial charge in [0.05, 0.1) is 37.2 Å². The van der Waals surface area contributed by atoms with Crippen LogP contribution < -0.4 is 0 Å². The molecule has 3 heterocycles. The van der Waals surface area contributed by atoms with E-state index < -0.39 is 41.6 Å². The van der Waals surface area contributed by atoms with Crippen molar-refractivity contribution in [3.63, 3.8) is 0 Å². The van der Waals surface area contributed by atoms with Crippen molar-refractivity contribution in [2.75, 3.05) is 19.8 Å². The van der Waals surface area contributed by atoms with Crippen molar-refractivity contribution in [1.82, 2.24) is 9.80 Å². The molecule has 1 N–H and O–H groups in total. The maximum atomic E-state index is 14.3. The lowest BCUT2D eigenvalue weighted by Gasteiger charge is -2.41. The average molecular weight is 503 g/mol. The highest BCUT2D eigenvalue weighted by Gasteiger charge is 2.75. The number of allylic oxidation sites excluding steroid dienone is 1. The summed E-state index contributed by atoms with van der Waals surface area (Å²) in [4.78, 5) is 44.8. The largest absolute Gasteiger partial charge is 0.465 e. The molecule has 3 saturated heterocycles. The van der Waals surface area contributed by atoms with Gasteiger partial charge in [-0.3, -0.25) is 14.4 Å². The highest BCUT2D eigenvalue weighted by molar-refractivity contribution is 5.98. The number of likely N-dealkylation sites (tertiary alicyclic amines) is 1. The number of esters is 1. The Morgan fingerprint density at radius 3 is 2.64 bits per heavy atom. The number of carbonyl (C=O) groups excluding carboxylic acids is 3. The van der Waals surface area contributed by atoms with E-state index in [9.17, 15) is 19.5 Å². The fourth-order valence-corrected chi connectivity index (χ4v) is 6.97. The molecule has 2 amide bonds. The van der Waals surface area contributed by atoms with E-state index in [0.717, 1.165) is 51.4 Å². The zero-order valence-corrected chi connectivity index (χ0v) is 21.6. The lowest BCUT2D eigenvalue weighted by molar-refractivity contribution is -0.157. The Hall–Kier alpha value is -2.19. The molecule has 0 aromatic rings. The highest BCUT2D eigenvalue weighted by Crippen LogP contribution is 2.59. The Bertz CT molecular complexity index is 855. The van der Waals surface area contributed by atoms with Crippen molar-refractivity contribution in [1.29, 1.82) is 0 Å². The van der Waals surface area contributed by atoms with Gasteiger partial charge in [-0.05, 0) is 51.9 Å². The van der Waals surface area contributed by atoms with Crippen LogP contribution in [0.4, 0.5) is 0 Å². The van der Waals surface area contributed by atoms with Gasteiger partial charge in [0.1, 0.15) is 11.6 Å². The lowest BCUT2D eigenvalue weighted by Crippen LogP contribution is -2.60. The molecule has 200 valence electrons. The third kappa shape index (κ3) is 4.62. The van der Waals surface area contributed by atoms with Crippen LogP contribution in [0, 0.1) is 11.8 Å². The van der Waals surface area contributed by atoms with Crippen LogP contribution in [-0.2, 0) is 23.9 Å². The molecule has 4 aliphatic rings. The molecule has 36 heavy (non-hydrogen) atoms. The smallest absolute Gasteiger partial charge is 0.312 e. The van der Waals surface area contributed by atoms with Gasteiger partial charge in [0.15, 0.2) is 0 Å². The SMILES string of the molecule is C=CCCCCOC(=O)[C@@H]1[C@@H]2CCC3(O2)C(C(=O)N(CC=C)C2CCCCC2)N([C@H](C)CO)C(=O)[C@H]13. The number of unbranched alkanes of at least 4 members (excludes halogenated alkanes) is 2. The van der Waals surface area contributed by atoms with Crippen LogP contribution in [0.3, 0.4) is 0 Å². The topological polar surface area (TPSA) is 96.4 Å². The summed E-state index contributed by atoms with van der Waals surface area (Å²) in [6, 6.07) is -1.34. The van der Waals surface area contributed by atoms with E-state index in [1.165, 1.54) is 4.90 Å². The maximum absolute atomic E-state index is 14.3. The lowest BCUT2D eigenvalue weighted by atomic mass is 9.70. The van der Waals surface area contributed by atoms with Crippen LogP contribution in [0.2, 0.25) is 0 Å². The molecule has 0 aromatic heterocycles. The second-order valence-electron chi connectivity index (χ2n) is 10.9. The number of aliphatic hydroxyl groups is 1. The molecule has 0 aromatic carbocycles. The summed E-state index contributed by atoms with van der Waals surface area (Å²) in [7, 11) is 0. The van der Waals surface area contributed by atoms with E-state index >= 15 is 0 Å². The fourth-order valence-electron chi connectivity index (χ4n) is 6.97. The van der Waals surface area contributed by atoms with E-state index in [0.29, 0.717) is 19.4 Å². The van der Waals surface area contributed by atoms with Gasteiger partial charge in [-0.2, -0.15) is 0 Å². The number of ether oxygens (including phenoxy) is 2. The predicted octanol–water partition coefficient (Wildman–Crippen LogP) is 2.99. The van der Waals surface area contributed by atoms with Crippen LogP contribution >= 0.6 is 0 Å². The van der Waals surface area contributed by atoms with Gasteiger partial charge >= 0.3 is 5.97 Å². The predicted molar refractivity (Wildman–Crippen MR) is 135 cm³/mol. The zero-order valence-electron chi connectivity index (χ0n) is 21.6. The molecule has 1 spiro atoms. The Balaban J connectivity index is 1.62. The normalized spacial score (nSPS) is 32.3. The van der Waals surface area contributed by atoms with E-state index in [-0.39, 0.29) is 31.1 Å². The van der Waals surface area contributed by atoms with Gasteiger partial charge in [-0.15, -0.1) is 13.2 Å². The minimum absolute atomic E-state index is 0.0935. The summed E-state index contributed by atoms with van der Waals surface area (Å²) < 4.78 is 12.1. The zero-order chi connectivity index (χ0) is 25.9. The van der Waals surface area contributed by atoms with Crippen LogP contribution in [0.1, 0.15) is 71.1 Å². The second kappa shape index (κ2) is 11.5. The summed E-state index contributed by atoms with van der Waals surface area (Å²) in [5.41, 5.74) is -1.07. The molecule has 1 aliphatic carbocycles. The molecule has 0 radical (unpaired) electrons. The maximum Gasteiger partial charge on any atom is 0.312 e. The van der Waals surface area contributed by atoms with E-state index in [1.807, 2.05) is 11.0 Å². The van der Waals surface area contributed by atoms with Crippen LogP contribution in [0.15, 0.2) is 25.3 Å². The van der Waals surface area contributed by atoms with Crippen molar-refractivity contribution in [2.45, 2.75) is 101 Å². The molecule has 4 rings (SSSR count). The van der Waals surface area contributed by atoms with Gasteiger partial charge in [-0.1, -0.05) is 31.4 Å². The Morgan fingerprint density at radius 1 is 1.22 bits per heavy atom. The first-order chi connectivity index (χ1) is 17.4. The van der Waals surface area contributed by atoms with Gasteiger partial charge in [0.25, 0.3) is 0 Å². The first kappa shape index (κ1) is 26.9. The Kier molecular flexibility index (Phi) is 8.56. The average Bonchev–Trinajstić information content (AvgIpc) is 3.54. The fraction of sp³-hybridized carbons (Fsp3) is 0.750. The molecule has 2 bridgehead atoms. The van der Waals surface area contributed by atoms with Crippen molar-refractivity contribution in [3.8, 4) is 0 Å². The van der Waals surface area contributed by atoms with E-state index in [1.54, 1.807) is 13.0 Å². The second-order valence-corrected chi connectivity index (χ2v) is 10.9. The molecule has 1 saturated carbocycles. The first-order valence-corrected chi connectivity index (χ1v) is 13.7. The summed E-state index contributed by atoms with van der Waals surface area (Å²) in [6.45, 7) is 9.74. The number of carbonyl (C=O) groups is 3. The number of fused-ring (bicyclic) bond motifs is 1. The quantitative estimate of drug-likeness (QED) is 0.250. The third-order valence-electron chi connectivity index (χ3n) is 8.65. The molecular formula is C28H42N2O6. The van der Waals surface area contributed by atoms with Gasteiger partial charge in [0.2, 0.25) is 11.8 Å². The van der Waals surface area contributed by atoms with Crippen molar-refractivity contribution in [2.24, 2.45) is 11.8 Å². The van der Waals surface area contributed by atoms with Gasteiger partial charge in [0, 0.05) is 12.6 Å². The van der Waals surface area contributed by atoms with Gasteiger partial charge < -0.3 is 24.4 Å². The standard InChI is InChI=1S/C28H42N2O6/c1-4-6-7-11-17-35-27(34)22-21-14-15-28(36-21)23(22)25(32)30(19(3)18-31)24(28)26(33)29(16-5-2)20-12-9-8-10-13-20/h4-5,19-24,31H,1-2,6-18H2,3H3/t19-,21+,22-,23+,24?,28?/m1/s1. The molecular weight excluding hydrogens is 460 g/mol. The van der Waals surface area contributed by atoms with E-state index in [2.05, 4.69) is 13.2 Å². The Morgan fingerprint density at radius 2 is 1.97 bits per heavy atom. The third-order valence-corrected chi connectivity index (χ3v) is 8.65. The first-order valence-electron chi connectivity index (χ1n) is 13.7. The molecule has 4 fully saturated rings. The summed E-state index contributed by atoms with van der Waals surface area (Å²) in [6.07, 6.45) is 11.9. The van der Waals surface area contributed by atoms with Crippen molar-refractivity contribution < 1.29 is 29.0 Å². The number of rotatable bonds is 12. The molecule has 3 aliphatic heterocycles. The van der Waals surface area contributed by atoms with Crippen molar-refractivity contribution in [3.05, 3.63) is 25.3 Å². The van der Waals surface area contributed by atoms with E-state index in [4.69, 9.17) is 9.47 Å². The van der Waals surface area contributed by atoms with Gasteiger partial charge in [-0.25, -0.2) is 0 Å². The molecule has 8 nitrogen and oxygen atoms in total. The monoisotopic (exact) mass is 502 g/mol. The number of nitrogens with zero attached hydrogens (tertiary/aromatic N) is 2. The van der Waals surface area contributed by atoms with Crippen LogP contribution in [-0.4, -0.2) is 82.3 Å². The Labute approximate surface area is 214 Å². The van der Waals surface area contributed by atoms with Crippen molar-refractivity contribution >= 4 is 17.8 Å². The minimum atomic E-state index is -1.07. The minimum Gasteiger partial charge on any atom is -0.465 e. The summed E-state index contributed by atoms with van der Waals surface area (Å²) >= 11 is 0. The van der Waals surface area contributed by atoms with Crippen LogP contribution in [0.25, 0.3) is 0 Å². The summed E-state index contributed by atoms with van der Waals surface area (Å²) in [5.74, 6) is -2.35. The number of amides is 2. The van der Waals surface area contributed by atoms with Crippen LogP contribution in [0.5, 0.6) is 0 Å². The molecule has 8 heteroatoms.